The van der Waals surface area contributed by atoms with E-state index >= 15 is 0 Å². The van der Waals surface area contributed by atoms with Crippen molar-refractivity contribution in [3.63, 3.8) is 0 Å². The van der Waals surface area contributed by atoms with Gasteiger partial charge < -0.3 is 15.1 Å². The van der Waals surface area contributed by atoms with Crippen LogP contribution in [0.5, 0.6) is 0 Å². The van der Waals surface area contributed by atoms with Crippen LogP contribution in [0.2, 0.25) is 0 Å². The largest absolute Gasteiger partial charge is 0.436 e. The minimum Gasteiger partial charge on any atom is -0.436 e. The predicted molar refractivity (Wildman–Crippen MR) is 111 cm³/mol. The average Bonchev–Trinajstić information content (AvgIpc) is 3.39. The molecule has 2 N–H and O–H groups in total. The van der Waals surface area contributed by atoms with Gasteiger partial charge in [0.2, 0.25) is 17.7 Å². The van der Waals surface area contributed by atoms with Crippen LogP contribution < -0.4 is 10.6 Å². The van der Waals surface area contributed by atoms with Gasteiger partial charge in [0, 0.05) is 30.5 Å². The van der Waals surface area contributed by atoms with Crippen LogP contribution in [0, 0.1) is 5.92 Å². The molecule has 2 amide bonds. The molecule has 2 atom stereocenters. The summed E-state index contributed by atoms with van der Waals surface area (Å²) in [5, 5.41) is 6.00. The monoisotopic (exact) mass is 391 g/mol. The maximum atomic E-state index is 12.5. The lowest BCUT2D eigenvalue weighted by Crippen LogP contribution is -2.34. The number of hydrogen-bond acceptors (Lipinski definition) is 4. The molecule has 1 fully saturated rings. The lowest BCUT2D eigenvalue weighted by atomic mass is 10.1. The maximum Gasteiger partial charge on any atom is 0.227 e. The van der Waals surface area contributed by atoms with E-state index in [-0.39, 0.29) is 23.8 Å². The number of carbonyl (C=O) groups excluding carboxylic acids is 2. The van der Waals surface area contributed by atoms with Crippen LogP contribution in [0.15, 0.2) is 52.9 Å². The SMILES string of the molecule is CCC(=O)N[C@H]1CC[C@@H](C(=O)NCc2ccc(-c3nc4ccccc4o3)cc2)C1. The summed E-state index contributed by atoms with van der Waals surface area (Å²) in [6.45, 7) is 2.32. The molecule has 1 aromatic heterocycles. The van der Waals surface area contributed by atoms with Crippen LogP contribution in [0.1, 0.15) is 38.2 Å². The second-order valence-electron chi connectivity index (χ2n) is 7.53. The van der Waals surface area contributed by atoms with E-state index in [9.17, 15) is 9.59 Å². The Labute approximate surface area is 169 Å². The number of benzene rings is 2. The molecule has 0 spiro atoms. The summed E-state index contributed by atoms with van der Waals surface area (Å²) >= 11 is 0. The van der Waals surface area contributed by atoms with Crippen molar-refractivity contribution in [1.29, 1.82) is 0 Å². The molecule has 2 aromatic carbocycles. The molecule has 0 radical (unpaired) electrons. The number of rotatable bonds is 6. The molecule has 0 unspecified atom stereocenters. The highest BCUT2D eigenvalue weighted by Gasteiger charge is 2.30. The second-order valence-corrected chi connectivity index (χ2v) is 7.53. The first-order chi connectivity index (χ1) is 14.1. The molecule has 6 nitrogen and oxygen atoms in total. The molecular formula is C23H25N3O3. The number of hydrogen-bond donors (Lipinski definition) is 2. The fraction of sp³-hybridized carbons (Fsp3) is 0.348. The first-order valence-electron chi connectivity index (χ1n) is 10.1. The molecule has 0 aliphatic heterocycles. The molecule has 1 aliphatic rings. The number of nitrogens with one attached hydrogen (secondary N) is 2. The molecule has 150 valence electrons. The second kappa shape index (κ2) is 8.47. The fourth-order valence-corrected chi connectivity index (χ4v) is 3.77. The Morgan fingerprint density at radius 3 is 2.66 bits per heavy atom. The third-order valence-electron chi connectivity index (χ3n) is 5.45. The van der Waals surface area contributed by atoms with Crippen molar-refractivity contribution >= 4 is 22.9 Å². The molecule has 1 saturated carbocycles. The summed E-state index contributed by atoms with van der Waals surface area (Å²) in [5.74, 6) is 0.667. The molecule has 4 rings (SSSR count). The topological polar surface area (TPSA) is 84.2 Å². The summed E-state index contributed by atoms with van der Waals surface area (Å²) in [4.78, 5) is 28.5. The Bertz CT molecular complexity index is 977. The van der Waals surface area contributed by atoms with E-state index in [0.29, 0.717) is 25.3 Å². The van der Waals surface area contributed by atoms with E-state index in [1.54, 1.807) is 0 Å². The Balaban J connectivity index is 1.31. The predicted octanol–water partition coefficient (Wildman–Crippen LogP) is 3.81. The Hall–Kier alpha value is -3.15. The normalized spacial score (nSPS) is 18.7. The molecule has 0 bridgehead atoms. The lowest BCUT2D eigenvalue weighted by Gasteiger charge is -2.13. The number of aromatic nitrogens is 1. The smallest absolute Gasteiger partial charge is 0.227 e. The number of para-hydroxylation sites is 2. The zero-order valence-corrected chi connectivity index (χ0v) is 16.5. The highest BCUT2D eigenvalue weighted by Crippen LogP contribution is 2.26. The van der Waals surface area contributed by atoms with Gasteiger partial charge in [0.05, 0.1) is 0 Å². The third kappa shape index (κ3) is 4.47. The van der Waals surface area contributed by atoms with Gasteiger partial charge >= 0.3 is 0 Å². The third-order valence-corrected chi connectivity index (χ3v) is 5.45. The maximum absolute atomic E-state index is 12.5. The van der Waals surface area contributed by atoms with Crippen molar-refractivity contribution in [3.8, 4) is 11.5 Å². The van der Waals surface area contributed by atoms with Gasteiger partial charge in [0.25, 0.3) is 0 Å². The first-order valence-corrected chi connectivity index (χ1v) is 10.1. The van der Waals surface area contributed by atoms with Crippen LogP contribution in [0.3, 0.4) is 0 Å². The average molecular weight is 391 g/mol. The van der Waals surface area contributed by atoms with Gasteiger partial charge in [-0.1, -0.05) is 31.2 Å². The summed E-state index contributed by atoms with van der Waals surface area (Å²) in [6, 6.07) is 15.7. The van der Waals surface area contributed by atoms with E-state index in [0.717, 1.165) is 35.1 Å². The van der Waals surface area contributed by atoms with E-state index < -0.39 is 0 Å². The van der Waals surface area contributed by atoms with Crippen LogP contribution in [0.4, 0.5) is 0 Å². The van der Waals surface area contributed by atoms with Crippen molar-refractivity contribution in [3.05, 3.63) is 54.1 Å². The number of fused-ring (bicyclic) bond motifs is 1. The van der Waals surface area contributed by atoms with Crippen molar-refractivity contribution in [2.24, 2.45) is 5.92 Å². The molecule has 1 aliphatic carbocycles. The van der Waals surface area contributed by atoms with Crippen LogP contribution in [-0.4, -0.2) is 22.8 Å². The van der Waals surface area contributed by atoms with Crippen molar-refractivity contribution in [2.75, 3.05) is 0 Å². The molecule has 3 aromatic rings. The fourth-order valence-electron chi connectivity index (χ4n) is 3.77. The number of carbonyl (C=O) groups is 2. The van der Waals surface area contributed by atoms with Gasteiger partial charge in [-0.2, -0.15) is 0 Å². The highest BCUT2D eigenvalue weighted by atomic mass is 16.3. The van der Waals surface area contributed by atoms with Gasteiger partial charge in [-0.25, -0.2) is 4.98 Å². The zero-order valence-electron chi connectivity index (χ0n) is 16.5. The number of oxazole rings is 1. The van der Waals surface area contributed by atoms with Crippen LogP contribution >= 0.6 is 0 Å². The van der Waals surface area contributed by atoms with Crippen molar-refractivity contribution < 1.29 is 14.0 Å². The van der Waals surface area contributed by atoms with Gasteiger partial charge in [0.15, 0.2) is 5.58 Å². The van der Waals surface area contributed by atoms with Crippen LogP contribution in [-0.2, 0) is 16.1 Å². The first kappa shape index (κ1) is 19.2. The molecular weight excluding hydrogens is 366 g/mol. The molecule has 29 heavy (non-hydrogen) atoms. The van der Waals surface area contributed by atoms with E-state index in [2.05, 4.69) is 15.6 Å². The van der Waals surface area contributed by atoms with Crippen LogP contribution in [0.25, 0.3) is 22.6 Å². The summed E-state index contributed by atoms with van der Waals surface area (Å²) in [5.41, 5.74) is 3.53. The summed E-state index contributed by atoms with van der Waals surface area (Å²) in [6.07, 6.45) is 2.88. The van der Waals surface area contributed by atoms with Gasteiger partial charge in [-0.3, -0.25) is 9.59 Å². The number of nitrogens with zero attached hydrogens (tertiary/aromatic N) is 1. The lowest BCUT2D eigenvalue weighted by molar-refractivity contribution is -0.125. The molecule has 6 heteroatoms. The molecule has 0 saturated heterocycles. The summed E-state index contributed by atoms with van der Waals surface area (Å²) in [7, 11) is 0. The molecule has 1 heterocycles. The van der Waals surface area contributed by atoms with Gasteiger partial charge in [0.1, 0.15) is 5.52 Å². The minimum absolute atomic E-state index is 0.0313. The van der Waals surface area contributed by atoms with Crippen molar-refractivity contribution in [2.45, 2.75) is 45.2 Å². The highest BCUT2D eigenvalue weighted by molar-refractivity contribution is 5.80. The standard InChI is InChI=1S/C23H25N3O3/c1-2-21(27)25-18-12-11-17(13-18)22(28)24-14-15-7-9-16(10-8-15)23-26-19-5-3-4-6-20(19)29-23/h3-10,17-18H,2,11-14H2,1H3,(H,24,28)(H,25,27)/t17-,18+/m1/s1. The van der Waals surface area contributed by atoms with Gasteiger partial charge in [-0.15, -0.1) is 0 Å². The van der Waals surface area contributed by atoms with Crippen molar-refractivity contribution in [1.82, 2.24) is 15.6 Å². The quantitative estimate of drug-likeness (QED) is 0.669. The Morgan fingerprint density at radius 2 is 1.90 bits per heavy atom. The van der Waals surface area contributed by atoms with E-state index in [4.69, 9.17) is 4.42 Å². The van der Waals surface area contributed by atoms with E-state index in [1.165, 1.54) is 0 Å². The summed E-state index contributed by atoms with van der Waals surface area (Å²) < 4.78 is 5.79. The number of amides is 2. The Kier molecular flexibility index (Phi) is 5.60. The minimum atomic E-state index is -0.0313. The Morgan fingerprint density at radius 1 is 1.10 bits per heavy atom. The zero-order chi connectivity index (χ0) is 20.2. The van der Waals surface area contributed by atoms with Gasteiger partial charge in [-0.05, 0) is 49.1 Å². The van der Waals surface area contributed by atoms with E-state index in [1.807, 2.05) is 55.5 Å².